The van der Waals surface area contributed by atoms with Gasteiger partial charge in [-0.2, -0.15) is 0 Å². The Morgan fingerprint density at radius 2 is 2.00 bits per heavy atom. The van der Waals surface area contributed by atoms with E-state index in [1.807, 2.05) is 0 Å². The summed E-state index contributed by atoms with van der Waals surface area (Å²) in [7, 11) is 0. The number of amides is 1. The fourth-order valence-corrected chi connectivity index (χ4v) is 2.13. The number of hydrogen-bond acceptors (Lipinski definition) is 4. The lowest BCUT2D eigenvalue weighted by Gasteiger charge is -2.10. The quantitative estimate of drug-likeness (QED) is 0.564. The monoisotopic (exact) mass is 374 g/mol. The summed E-state index contributed by atoms with van der Waals surface area (Å²) in [5, 5.41) is 3.46. The summed E-state index contributed by atoms with van der Waals surface area (Å²) < 4.78 is 0.663. The lowest BCUT2D eigenvalue weighted by atomic mass is 10.2. The zero-order valence-corrected chi connectivity index (χ0v) is 13.1. The maximum atomic E-state index is 12.2. The van der Waals surface area contributed by atoms with Gasteiger partial charge in [-0.3, -0.25) is 4.79 Å². The molecule has 2 aromatic rings. The topological polar surface area (TPSA) is 80.0 Å². The number of rotatable bonds is 3. The van der Waals surface area contributed by atoms with Crippen molar-refractivity contribution in [3.63, 3.8) is 0 Å². The highest BCUT2D eigenvalue weighted by atomic mass is 79.9. The summed E-state index contributed by atoms with van der Waals surface area (Å²) in [6.45, 7) is 0. The van der Waals surface area contributed by atoms with Crippen molar-refractivity contribution < 1.29 is 4.79 Å². The minimum absolute atomic E-state index is 0.269. The summed E-state index contributed by atoms with van der Waals surface area (Å²) in [6, 6.07) is 6.41. The van der Waals surface area contributed by atoms with Gasteiger partial charge in [0.1, 0.15) is 0 Å². The first-order valence-corrected chi connectivity index (χ1v) is 6.94. The molecule has 1 heterocycles. The molecule has 0 fully saturated rings. The Labute approximate surface area is 133 Å². The van der Waals surface area contributed by atoms with Crippen LogP contribution in [0.1, 0.15) is 10.4 Å². The molecule has 0 spiro atoms. The van der Waals surface area contributed by atoms with Crippen LogP contribution in [0.25, 0.3) is 0 Å². The highest BCUT2D eigenvalue weighted by Crippen LogP contribution is 2.26. The summed E-state index contributed by atoms with van der Waals surface area (Å²) in [4.78, 5) is 16.2. The molecular weight excluding hydrogens is 367 g/mol. The van der Waals surface area contributed by atoms with Gasteiger partial charge in [0.25, 0.3) is 5.91 Å². The molecule has 0 aliphatic rings. The van der Waals surface area contributed by atoms with Gasteiger partial charge < -0.3 is 10.7 Å². The van der Waals surface area contributed by atoms with Crippen LogP contribution < -0.4 is 16.6 Å². The van der Waals surface area contributed by atoms with Gasteiger partial charge in [0, 0.05) is 16.4 Å². The van der Waals surface area contributed by atoms with Gasteiger partial charge in [-0.1, -0.05) is 23.2 Å². The van der Waals surface area contributed by atoms with Crippen LogP contribution >= 0.6 is 39.1 Å². The number of carbonyl (C=O) groups is 1. The third-order valence-corrected chi connectivity index (χ3v) is 3.59. The molecule has 0 unspecified atom stereocenters. The van der Waals surface area contributed by atoms with Crippen molar-refractivity contribution in [1.29, 1.82) is 0 Å². The molecular formula is C12H9BrCl2N4O. The lowest BCUT2D eigenvalue weighted by molar-refractivity contribution is 0.102. The van der Waals surface area contributed by atoms with Crippen LogP contribution in [0.5, 0.6) is 0 Å². The minimum Gasteiger partial charge on any atom is -0.322 e. The average Bonchev–Trinajstić information content (AvgIpc) is 2.43. The van der Waals surface area contributed by atoms with E-state index in [-0.39, 0.29) is 11.7 Å². The second-order valence-corrected chi connectivity index (χ2v) is 5.51. The summed E-state index contributed by atoms with van der Waals surface area (Å²) >= 11 is 15.0. The van der Waals surface area contributed by atoms with Crippen molar-refractivity contribution in [3.8, 4) is 0 Å². The number of nitrogens with one attached hydrogen (secondary N) is 2. The van der Waals surface area contributed by atoms with Gasteiger partial charge >= 0.3 is 0 Å². The predicted octanol–water partition coefficient (Wildman–Crippen LogP) is 3.69. The number of hydrogen-bond donors (Lipinski definition) is 3. The van der Waals surface area contributed by atoms with Gasteiger partial charge in [0.05, 0.1) is 15.6 Å². The van der Waals surface area contributed by atoms with Crippen LogP contribution in [-0.2, 0) is 0 Å². The number of halogens is 3. The fraction of sp³-hybridized carbons (Fsp3) is 0. The van der Waals surface area contributed by atoms with Crippen LogP contribution in [-0.4, -0.2) is 10.9 Å². The summed E-state index contributed by atoms with van der Waals surface area (Å²) in [6.07, 6.45) is 1.53. The van der Waals surface area contributed by atoms with E-state index in [1.165, 1.54) is 6.20 Å². The van der Waals surface area contributed by atoms with Crippen molar-refractivity contribution in [3.05, 3.63) is 50.5 Å². The third kappa shape index (κ3) is 3.40. The molecule has 0 radical (unpaired) electrons. The van der Waals surface area contributed by atoms with E-state index in [0.717, 1.165) is 0 Å². The van der Waals surface area contributed by atoms with Crippen LogP contribution in [0.2, 0.25) is 10.0 Å². The normalized spacial score (nSPS) is 10.2. The average molecular weight is 376 g/mol. The van der Waals surface area contributed by atoms with E-state index in [9.17, 15) is 4.79 Å². The molecule has 20 heavy (non-hydrogen) atoms. The zero-order chi connectivity index (χ0) is 14.7. The molecule has 1 aromatic heterocycles. The molecule has 0 atom stereocenters. The largest absolute Gasteiger partial charge is 0.322 e. The molecule has 1 aromatic carbocycles. The number of pyridine rings is 1. The van der Waals surface area contributed by atoms with E-state index in [1.54, 1.807) is 24.3 Å². The first kappa shape index (κ1) is 15.1. The second-order valence-electron chi connectivity index (χ2n) is 3.78. The van der Waals surface area contributed by atoms with Crippen molar-refractivity contribution in [1.82, 2.24) is 4.98 Å². The molecule has 4 N–H and O–H groups in total. The molecule has 0 aliphatic carbocycles. The van der Waals surface area contributed by atoms with E-state index in [2.05, 4.69) is 31.7 Å². The molecule has 0 aliphatic heterocycles. The maximum absolute atomic E-state index is 12.2. The number of nitrogens with zero attached hydrogens (tertiary/aromatic N) is 1. The Hall–Kier alpha value is -1.34. The standard InChI is InChI=1S/C12H9BrCl2N4O/c13-6-3-8(11(19-16)17-5-6)12(20)18-7-1-2-9(14)10(15)4-7/h1-5H,16H2,(H,17,19)(H,18,20). The minimum atomic E-state index is -0.370. The van der Waals surface area contributed by atoms with E-state index >= 15 is 0 Å². The molecule has 0 bridgehead atoms. The molecule has 0 saturated carbocycles. The maximum Gasteiger partial charge on any atom is 0.259 e. The first-order valence-electron chi connectivity index (χ1n) is 5.40. The van der Waals surface area contributed by atoms with Crippen molar-refractivity contribution in [2.24, 2.45) is 5.84 Å². The number of nitrogen functional groups attached to an aromatic ring is 1. The van der Waals surface area contributed by atoms with Crippen molar-refractivity contribution >= 4 is 56.5 Å². The van der Waals surface area contributed by atoms with E-state index in [4.69, 9.17) is 29.0 Å². The second kappa shape index (κ2) is 6.41. The first-order chi connectivity index (χ1) is 9.51. The van der Waals surface area contributed by atoms with Gasteiger partial charge in [-0.15, -0.1) is 0 Å². The van der Waals surface area contributed by atoms with Gasteiger partial charge in [0.15, 0.2) is 5.82 Å². The van der Waals surface area contributed by atoms with Crippen molar-refractivity contribution in [2.45, 2.75) is 0 Å². The lowest BCUT2D eigenvalue weighted by Crippen LogP contribution is -2.18. The predicted molar refractivity (Wildman–Crippen MR) is 84.2 cm³/mol. The molecule has 5 nitrogen and oxygen atoms in total. The molecule has 104 valence electrons. The number of carbonyl (C=O) groups excluding carboxylic acids is 1. The highest BCUT2D eigenvalue weighted by molar-refractivity contribution is 9.10. The van der Waals surface area contributed by atoms with Gasteiger partial charge in [0.2, 0.25) is 0 Å². The number of hydrazine groups is 1. The molecule has 0 saturated heterocycles. The van der Waals surface area contributed by atoms with Crippen LogP contribution in [0.4, 0.5) is 11.5 Å². The molecule has 1 amide bonds. The third-order valence-electron chi connectivity index (χ3n) is 2.41. The van der Waals surface area contributed by atoms with Gasteiger partial charge in [-0.05, 0) is 40.2 Å². The van der Waals surface area contributed by atoms with E-state index in [0.29, 0.717) is 25.8 Å². The number of anilines is 2. The van der Waals surface area contributed by atoms with Crippen LogP contribution in [0.3, 0.4) is 0 Å². The Balaban J connectivity index is 2.27. The Morgan fingerprint density at radius 1 is 1.25 bits per heavy atom. The molecule has 8 heteroatoms. The highest BCUT2D eigenvalue weighted by Gasteiger charge is 2.13. The Bertz CT molecular complexity index is 666. The number of aromatic nitrogens is 1. The SMILES string of the molecule is NNc1ncc(Br)cc1C(=O)Nc1ccc(Cl)c(Cl)c1. The van der Waals surface area contributed by atoms with Crippen molar-refractivity contribution in [2.75, 3.05) is 10.7 Å². The number of benzene rings is 1. The zero-order valence-electron chi connectivity index (χ0n) is 9.95. The smallest absolute Gasteiger partial charge is 0.259 e. The Kier molecular flexibility index (Phi) is 4.82. The van der Waals surface area contributed by atoms with Gasteiger partial charge in [-0.25, -0.2) is 10.8 Å². The van der Waals surface area contributed by atoms with E-state index < -0.39 is 0 Å². The fourth-order valence-electron chi connectivity index (χ4n) is 1.50. The Morgan fingerprint density at radius 3 is 2.65 bits per heavy atom. The molecule has 2 rings (SSSR count). The number of nitrogens with two attached hydrogens (primary N) is 1. The summed E-state index contributed by atoms with van der Waals surface area (Å²) in [5.74, 6) is 5.23. The van der Waals surface area contributed by atoms with Crippen LogP contribution in [0, 0.1) is 0 Å². The van der Waals surface area contributed by atoms with Crippen LogP contribution in [0.15, 0.2) is 34.9 Å². The summed E-state index contributed by atoms with van der Waals surface area (Å²) in [5.41, 5.74) is 3.19.